The van der Waals surface area contributed by atoms with Crippen LogP contribution in [-0.2, 0) is 4.79 Å². The van der Waals surface area contributed by atoms with Crippen molar-refractivity contribution >= 4 is 11.6 Å². The molecule has 1 fully saturated rings. The van der Waals surface area contributed by atoms with Gasteiger partial charge in [0.05, 0.1) is 6.04 Å². The summed E-state index contributed by atoms with van der Waals surface area (Å²) in [5, 5.41) is 3.12. The molecule has 3 nitrogen and oxygen atoms in total. The molecule has 3 heteroatoms. The lowest BCUT2D eigenvalue weighted by Gasteiger charge is -2.30. The monoisotopic (exact) mass is 204 g/mol. The molecule has 1 aliphatic heterocycles. The number of hydrogen-bond acceptors (Lipinski definition) is 2. The summed E-state index contributed by atoms with van der Waals surface area (Å²) in [6, 6.07) is 8.02. The molecule has 0 aliphatic carbocycles. The van der Waals surface area contributed by atoms with E-state index in [1.807, 2.05) is 38.2 Å². The molecule has 1 heterocycles. The molecule has 1 aliphatic rings. The molecule has 1 saturated heterocycles. The zero-order chi connectivity index (χ0) is 10.8. The summed E-state index contributed by atoms with van der Waals surface area (Å²) < 4.78 is 0. The number of rotatable bonds is 2. The van der Waals surface area contributed by atoms with Crippen LogP contribution < -0.4 is 10.2 Å². The third kappa shape index (κ3) is 2.02. The van der Waals surface area contributed by atoms with Gasteiger partial charge in [0.1, 0.15) is 0 Å². The van der Waals surface area contributed by atoms with Gasteiger partial charge < -0.3 is 10.2 Å². The van der Waals surface area contributed by atoms with Crippen LogP contribution in [0, 0.1) is 6.92 Å². The zero-order valence-corrected chi connectivity index (χ0v) is 9.16. The highest BCUT2D eigenvalue weighted by atomic mass is 16.2. The van der Waals surface area contributed by atoms with Crippen molar-refractivity contribution in [1.82, 2.24) is 5.32 Å². The third-order valence-corrected chi connectivity index (χ3v) is 2.84. The van der Waals surface area contributed by atoms with Crippen LogP contribution in [0.4, 0.5) is 5.69 Å². The van der Waals surface area contributed by atoms with E-state index in [-0.39, 0.29) is 11.9 Å². The summed E-state index contributed by atoms with van der Waals surface area (Å²) in [5.74, 6) is 0.159. The van der Waals surface area contributed by atoms with E-state index in [1.165, 1.54) is 5.56 Å². The van der Waals surface area contributed by atoms with Crippen LogP contribution in [0.25, 0.3) is 0 Å². The van der Waals surface area contributed by atoms with Crippen LogP contribution in [0.5, 0.6) is 0 Å². The normalized spacial score (nSPS) is 19.5. The number of nitrogens with zero attached hydrogens (tertiary/aromatic N) is 1. The Hall–Kier alpha value is -1.35. The summed E-state index contributed by atoms with van der Waals surface area (Å²) in [6.45, 7) is 2.99. The second-order valence-corrected chi connectivity index (χ2v) is 4.03. The fraction of sp³-hybridized carbons (Fsp3) is 0.417. The zero-order valence-electron chi connectivity index (χ0n) is 9.16. The molecule has 0 unspecified atom stereocenters. The van der Waals surface area contributed by atoms with E-state index in [0.717, 1.165) is 18.7 Å². The molecule has 80 valence electrons. The minimum Gasteiger partial charge on any atom is -0.314 e. The maximum absolute atomic E-state index is 11.9. The van der Waals surface area contributed by atoms with Gasteiger partial charge in [-0.05, 0) is 37.6 Å². The lowest BCUT2D eigenvalue weighted by molar-refractivity contribution is -0.121. The first-order valence-electron chi connectivity index (χ1n) is 5.26. The average molecular weight is 204 g/mol. The second-order valence-electron chi connectivity index (χ2n) is 4.03. The first-order chi connectivity index (χ1) is 7.18. The van der Waals surface area contributed by atoms with Crippen molar-refractivity contribution in [1.29, 1.82) is 0 Å². The number of nitrogens with one attached hydrogen (secondary N) is 1. The van der Waals surface area contributed by atoms with Crippen molar-refractivity contribution in [2.45, 2.75) is 19.4 Å². The summed E-state index contributed by atoms with van der Waals surface area (Å²) in [4.78, 5) is 13.6. The van der Waals surface area contributed by atoms with Crippen LogP contribution in [0.3, 0.4) is 0 Å². The van der Waals surface area contributed by atoms with E-state index in [1.54, 1.807) is 4.90 Å². The fourth-order valence-corrected chi connectivity index (χ4v) is 1.70. The number of likely N-dealkylation sites (N-methyl/N-ethyl adjacent to an activating group) is 1. The molecule has 0 bridgehead atoms. The van der Waals surface area contributed by atoms with Gasteiger partial charge in [-0.25, -0.2) is 0 Å². The molecule has 1 amide bonds. The van der Waals surface area contributed by atoms with Crippen molar-refractivity contribution in [3.05, 3.63) is 29.8 Å². The third-order valence-electron chi connectivity index (χ3n) is 2.84. The molecule has 15 heavy (non-hydrogen) atoms. The highest BCUT2D eigenvalue weighted by Gasteiger charge is 2.27. The van der Waals surface area contributed by atoms with Crippen molar-refractivity contribution in [3.8, 4) is 0 Å². The van der Waals surface area contributed by atoms with Gasteiger partial charge in [-0.3, -0.25) is 4.79 Å². The van der Waals surface area contributed by atoms with Gasteiger partial charge in [0.15, 0.2) is 0 Å². The molecule has 0 spiro atoms. The maximum atomic E-state index is 11.9. The molecular weight excluding hydrogens is 188 g/mol. The first kappa shape index (κ1) is 10.2. The summed E-state index contributed by atoms with van der Waals surface area (Å²) in [5.41, 5.74) is 2.14. The molecule has 1 atom stereocenters. The van der Waals surface area contributed by atoms with E-state index in [0.29, 0.717) is 0 Å². The number of aryl methyl sites for hydroxylation is 1. The number of amides is 1. The largest absolute Gasteiger partial charge is 0.314 e. The highest BCUT2D eigenvalue weighted by Crippen LogP contribution is 2.17. The van der Waals surface area contributed by atoms with E-state index in [9.17, 15) is 4.79 Å². The lowest BCUT2D eigenvalue weighted by atomic mass is 10.1. The van der Waals surface area contributed by atoms with Gasteiger partial charge in [-0.15, -0.1) is 0 Å². The Morgan fingerprint density at radius 1 is 1.53 bits per heavy atom. The molecule has 1 aromatic rings. The van der Waals surface area contributed by atoms with E-state index >= 15 is 0 Å². The van der Waals surface area contributed by atoms with Crippen molar-refractivity contribution in [2.24, 2.45) is 0 Å². The number of carbonyl (C=O) groups excluding carboxylic acids is 1. The standard InChI is InChI=1S/C12H16N2O/c1-9-4-3-5-10(8-9)14(2)12(15)11-6-7-13-11/h3-5,8,11,13H,6-7H2,1-2H3/t11-/m1/s1. The predicted molar refractivity (Wildman–Crippen MR) is 61.0 cm³/mol. The van der Waals surface area contributed by atoms with Gasteiger partial charge in [0.2, 0.25) is 5.91 Å². The Labute approximate surface area is 90.1 Å². The van der Waals surface area contributed by atoms with Crippen LogP contribution in [0.1, 0.15) is 12.0 Å². The number of carbonyl (C=O) groups is 1. The van der Waals surface area contributed by atoms with E-state index < -0.39 is 0 Å². The van der Waals surface area contributed by atoms with Crippen LogP contribution in [0.15, 0.2) is 24.3 Å². The topological polar surface area (TPSA) is 32.3 Å². The Bertz CT molecular complexity index is 372. The Kier molecular flexibility index (Phi) is 2.73. The molecular formula is C12H16N2O. The second kappa shape index (κ2) is 4.03. The average Bonchev–Trinajstić information content (AvgIpc) is 2.14. The van der Waals surface area contributed by atoms with Crippen LogP contribution in [0.2, 0.25) is 0 Å². The Morgan fingerprint density at radius 2 is 2.27 bits per heavy atom. The molecule has 0 radical (unpaired) electrons. The first-order valence-corrected chi connectivity index (χ1v) is 5.26. The predicted octanol–water partition coefficient (Wildman–Crippen LogP) is 1.32. The molecule has 2 rings (SSSR count). The lowest BCUT2D eigenvalue weighted by Crippen LogP contribution is -2.53. The minimum absolute atomic E-state index is 0.0236. The SMILES string of the molecule is Cc1cccc(N(C)C(=O)[C@H]2CCN2)c1. The summed E-state index contributed by atoms with van der Waals surface area (Å²) in [7, 11) is 1.83. The van der Waals surface area contributed by atoms with Gasteiger partial charge in [-0.2, -0.15) is 0 Å². The van der Waals surface area contributed by atoms with Crippen molar-refractivity contribution in [2.75, 3.05) is 18.5 Å². The maximum Gasteiger partial charge on any atom is 0.243 e. The fourth-order valence-electron chi connectivity index (χ4n) is 1.70. The molecule has 1 N–H and O–H groups in total. The van der Waals surface area contributed by atoms with Crippen molar-refractivity contribution in [3.63, 3.8) is 0 Å². The number of hydrogen-bond donors (Lipinski definition) is 1. The summed E-state index contributed by atoms with van der Waals surface area (Å²) in [6.07, 6.45) is 0.953. The van der Waals surface area contributed by atoms with Gasteiger partial charge in [0.25, 0.3) is 0 Å². The van der Waals surface area contributed by atoms with E-state index in [4.69, 9.17) is 0 Å². The number of benzene rings is 1. The Morgan fingerprint density at radius 3 is 2.80 bits per heavy atom. The summed E-state index contributed by atoms with van der Waals surface area (Å²) >= 11 is 0. The molecule has 1 aromatic carbocycles. The minimum atomic E-state index is 0.0236. The van der Waals surface area contributed by atoms with Crippen LogP contribution >= 0.6 is 0 Å². The van der Waals surface area contributed by atoms with Crippen LogP contribution in [-0.4, -0.2) is 25.5 Å². The Balaban J connectivity index is 2.12. The quantitative estimate of drug-likeness (QED) is 0.788. The van der Waals surface area contributed by atoms with Gasteiger partial charge >= 0.3 is 0 Å². The highest BCUT2D eigenvalue weighted by molar-refractivity contribution is 5.97. The van der Waals surface area contributed by atoms with E-state index in [2.05, 4.69) is 5.32 Å². The van der Waals surface area contributed by atoms with Gasteiger partial charge in [0, 0.05) is 12.7 Å². The molecule has 0 aromatic heterocycles. The van der Waals surface area contributed by atoms with Crippen molar-refractivity contribution < 1.29 is 4.79 Å². The molecule has 0 saturated carbocycles. The smallest absolute Gasteiger partial charge is 0.243 e. The van der Waals surface area contributed by atoms with Gasteiger partial charge in [-0.1, -0.05) is 12.1 Å². The number of anilines is 1.